The van der Waals surface area contributed by atoms with Crippen LogP contribution in [0.2, 0.25) is 0 Å². The summed E-state index contributed by atoms with van der Waals surface area (Å²) in [6.07, 6.45) is 4.07. The van der Waals surface area contributed by atoms with Crippen LogP contribution >= 0.6 is 0 Å². The van der Waals surface area contributed by atoms with Crippen LogP contribution in [-0.4, -0.2) is 46.9 Å². The summed E-state index contributed by atoms with van der Waals surface area (Å²) in [4.78, 5) is 13.8. The Hall–Kier alpha value is -1.56. The van der Waals surface area contributed by atoms with Crippen molar-refractivity contribution in [3.8, 4) is 0 Å². The molecular formula is C12H19N5O. The van der Waals surface area contributed by atoms with Gasteiger partial charge in [-0.2, -0.15) is 5.10 Å². The lowest BCUT2D eigenvalue weighted by Gasteiger charge is -2.26. The van der Waals surface area contributed by atoms with Crippen molar-refractivity contribution in [3.63, 3.8) is 0 Å². The summed E-state index contributed by atoms with van der Waals surface area (Å²) in [6.45, 7) is 4.13. The zero-order valence-electron chi connectivity index (χ0n) is 10.4. The minimum absolute atomic E-state index is 0.0618. The second kappa shape index (κ2) is 4.97. The van der Waals surface area contributed by atoms with Crippen molar-refractivity contribution < 1.29 is 4.79 Å². The Kier molecular flexibility index (Phi) is 3.19. The molecule has 1 unspecified atom stereocenters. The van der Waals surface area contributed by atoms with Crippen molar-refractivity contribution in [2.24, 2.45) is 0 Å². The normalized spacial score (nSPS) is 22.9. The van der Waals surface area contributed by atoms with Crippen LogP contribution in [0.5, 0.6) is 0 Å². The number of fused-ring (bicyclic) bond motifs is 1. The van der Waals surface area contributed by atoms with Gasteiger partial charge in [-0.1, -0.05) is 0 Å². The highest BCUT2D eigenvalue weighted by Gasteiger charge is 2.22. The van der Waals surface area contributed by atoms with Gasteiger partial charge in [0, 0.05) is 38.9 Å². The molecule has 18 heavy (non-hydrogen) atoms. The van der Waals surface area contributed by atoms with Gasteiger partial charge in [0.1, 0.15) is 0 Å². The Morgan fingerprint density at radius 2 is 2.33 bits per heavy atom. The third-order valence-electron chi connectivity index (χ3n) is 3.67. The summed E-state index contributed by atoms with van der Waals surface area (Å²) in [5, 5.41) is 10.7. The van der Waals surface area contributed by atoms with Gasteiger partial charge in [0.25, 0.3) is 0 Å². The van der Waals surface area contributed by atoms with E-state index >= 15 is 0 Å². The van der Waals surface area contributed by atoms with E-state index in [-0.39, 0.29) is 12.1 Å². The third-order valence-corrected chi connectivity index (χ3v) is 3.67. The van der Waals surface area contributed by atoms with E-state index in [2.05, 4.69) is 15.7 Å². The Labute approximate surface area is 106 Å². The topological polar surface area (TPSA) is 62.2 Å². The average molecular weight is 249 g/mol. The maximum atomic E-state index is 11.9. The first kappa shape index (κ1) is 11.5. The number of rotatable bonds is 2. The smallest absolute Gasteiger partial charge is 0.317 e. The molecule has 2 aliphatic heterocycles. The van der Waals surface area contributed by atoms with Crippen LogP contribution in [0.15, 0.2) is 12.3 Å². The van der Waals surface area contributed by atoms with Crippen LogP contribution in [0.25, 0.3) is 0 Å². The number of carbonyl (C=O) groups excluding carboxylic acids is 1. The van der Waals surface area contributed by atoms with E-state index in [0.29, 0.717) is 6.54 Å². The van der Waals surface area contributed by atoms with Gasteiger partial charge in [-0.3, -0.25) is 4.68 Å². The first-order chi connectivity index (χ1) is 8.84. The van der Waals surface area contributed by atoms with E-state index < -0.39 is 0 Å². The molecule has 3 heterocycles. The maximum absolute atomic E-state index is 11.9. The van der Waals surface area contributed by atoms with E-state index in [9.17, 15) is 4.79 Å². The lowest BCUT2D eigenvalue weighted by atomic mass is 10.2. The summed E-state index contributed by atoms with van der Waals surface area (Å²) in [5.41, 5.74) is 1.18. The predicted octanol–water partition coefficient (Wildman–Crippen LogP) is 0.333. The quantitative estimate of drug-likeness (QED) is 0.794. The number of carbonyl (C=O) groups is 1. The molecule has 0 spiro atoms. The lowest BCUT2D eigenvalue weighted by molar-refractivity contribution is 0.205. The van der Waals surface area contributed by atoms with Gasteiger partial charge in [-0.25, -0.2) is 4.79 Å². The molecule has 3 rings (SSSR count). The fraction of sp³-hybridized carbons (Fsp3) is 0.667. The number of hydrogen-bond acceptors (Lipinski definition) is 3. The van der Waals surface area contributed by atoms with Gasteiger partial charge < -0.3 is 15.5 Å². The summed E-state index contributed by atoms with van der Waals surface area (Å²) in [6, 6.07) is 2.30. The van der Waals surface area contributed by atoms with Gasteiger partial charge in [0.15, 0.2) is 0 Å². The molecule has 1 saturated heterocycles. The fourth-order valence-electron chi connectivity index (χ4n) is 2.66. The molecule has 0 radical (unpaired) electrons. The first-order valence-corrected chi connectivity index (χ1v) is 6.60. The monoisotopic (exact) mass is 249 g/mol. The summed E-state index contributed by atoms with van der Waals surface area (Å²) >= 11 is 0. The van der Waals surface area contributed by atoms with Crippen LogP contribution in [-0.2, 0) is 6.54 Å². The van der Waals surface area contributed by atoms with Gasteiger partial charge in [0.2, 0.25) is 0 Å². The number of hydrogen-bond donors (Lipinski definition) is 2. The average Bonchev–Trinajstić information content (AvgIpc) is 3.05. The molecule has 1 aromatic rings. The molecule has 6 nitrogen and oxygen atoms in total. The number of amides is 2. The highest BCUT2D eigenvalue weighted by atomic mass is 16.2. The maximum Gasteiger partial charge on any atom is 0.317 e. The van der Waals surface area contributed by atoms with E-state index in [4.69, 9.17) is 0 Å². The van der Waals surface area contributed by atoms with Crippen LogP contribution in [0, 0.1) is 0 Å². The number of likely N-dealkylation sites (tertiary alicyclic amines) is 1. The largest absolute Gasteiger partial charge is 0.336 e. The van der Waals surface area contributed by atoms with Crippen LogP contribution < -0.4 is 10.6 Å². The second-order valence-corrected chi connectivity index (χ2v) is 4.93. The summed E-state index contributed by atoms with van der Waals surface area (Å²) < 4.78 is 2.01. The molecule has 98 valence electrons. The van der Waals surface area contributed by atoms with E-state index in [1.165, 1.54) is 5.69 Å². The van der Waals surface area contributed by atoms with Crippen LogP contribution in [0.3, 0.4) is 0 Å². The van der Waals surface area contributed by atoms with Crippen molar-refractivity contribution in [1.82, 2.24) is 25.3 Å². The lowest BCUT2D eigenvalue weighted by Crippen LogP contribution is -2.44. The molecule has 2 aliphatic rings. The van der Waals surface area contributed by atoms with E-state index in [0.717, 1.165) is 39.0 Å². The van der Waals surface area contributed by atoms with Gasteiger partial charge in [-0.15, -0.1) is 0 Å². The summed E-state index contributed by atoms with van der Waals surface area (Å²) in [5.74, 6) is 0. The molecule has 0 bridgehead atoms. The van der Waals surface area contributed by atoms with Gasteiger partial charge in [0.05, 0.1) is 11.7 Å². The number of aromatic nitrogens is 2. The summed E-state index contributed by atoms with van der Waals surface area (Å²) in [7, 11) is 0. The van der Waals surface area contributed by atoms with Crippen LogP contribution in [0.4, 0.5) is 4.79 Å². The zero-order chi connectivity index (χ0) is 12.4. The highest BCUT2D eigenvalue weighted by Crippen LogP contribution is 2.13. The Morgan fingerprint density at radius 1 is 1.50 bits per heavy atom. The number of nitrogens with one attached hydrogen (secondary N) is 2. The van der Waals surface area contributed by atoms with Crippen LogP contribution in [0.1, 0.15) is 24.6 Å². The van der Waals surface area contributed by atoms with Crippen molar-refractivity contribution in [1.29, 1.82) is 0 Å². The third kappa shape index (κ3) is 2.20. The highest BCUT2D eigenvalue weighted by molar-refractivity contribution is 5.74. The molecule has 0 saturated carbocycles. The molecule has 1 atom stereocenters. The van der Waals surface area contributed by atoms with E-state index in [1.807, 2.05) is 21.8 Å². The minimum Gasteiger partial charge on any atom is -0.336 e. The standard InChI is InChI=1S/C12H19N5O/c18-12(16-5-1-2-6-16)14-9-11-8-13-7-10-3-4-15-17(10)11/h3-4,11,13H,1-2,5-9H2,(H,14,18). The molecule has 1 fully saturated rings. The number of urea groups is 1. The Morgan fingerprint density at radius 3 is 3.17 bits per heavy atom. The molecule has 0 aromatic carbocycles. The minimum atomic E-state index is 0.0618. The SMILES string of the molecule is O=C(NCC1CNCc2ccnn21)N1CCCC1. The molecule has 6 heteroatoms. The Balaban J connectivity index is 1.56. The first-order valence-electron chi connectivity index (χ1n) is 6.60. The molecule has 0 aliphatic carbocycles. The van der Waals surface area contributed by atoms with Crippen molar-refractivity contribution in [2.45, 2.75) is 25.4 Å². The van der Waals surface area contributed by atoms with E-state index in [1.54, 1.807) is 0 Å². The van der Waals surface area contributed by atoms with Gasteiger partial charge in [-0.05, 0) is 18.9 Å². The van der Waals surface area contributed by atoms with Gasteiger partial charge >= 0.3 is 6.03 Å². The zero-order valence-corrected chi connectivity index (χ0v) is 10.4. The fourth-order valence-corrected chi connectivity index (χ4v) is 2.66. The predicted molar refractivity (Wildman–Crippen MR) is 67.2 cm³/mol. The molecule has 2 N–H and O–H groups in total. The molecular weight excluding hydrogens is 230 g/mol. The molecule has 2 amide bonds. The van der Waals surface area contributed by atoms with Crippen molar-refractivity contribution >= 4 is 6.03 Å². The molecule has 1 aromatic heterocycles. The second-order valence-electron chi connectivity index (χ2n) is 4.93. The van der Waals surface area contributed by atoms with Crippen molar-refractivity contribution in [3.05, 3.63) is 18.0 Å². The Bertz CT molecular complexity index is 424. The number of nitrogens with zero attached hydrogens (tertiary/aromatic N) is 3. The van der Waals surface area contributed by atoms with Crippen molar-refractivity contribution in [2.75, 3.05) is 26.2 Å².